The van der Waals surface area contributed by atoms with Gasteiger partial charge in [-0.1, -0.05) is 29.8 Å². The summed E-state index contributed by atoms with van der Waals surface area (Å²) in [6.07, 6.45) is 3.42. The Labute approximate surface area is 180 Å². The second kappa shape index (κ2) is 9.69. The maximum Gasteiger partial charge on any atom is 0.246 e. The normalized spacial score (nSPS) is 20.4. The van der Waals surface area contributed by atoms with Crippen molar-refractivity contribution in [1.29, 1.82) is 0 Å². The number of hydrogen-bond acceptors (Lipinski definition) is 5. The lowest BCUT2D eigenvalue weighted by Crippen LogP contribution is -2.57. The molecule has 1 atom stereocenters. The first kappa shape index (κ1) is 21.7. The van der Waals surface area contributed by atoms with Crippen LogP contribution in [0.2, 0.25) is 10.0 Å². The van der Waals surface area contributed by atoms with Crippen molar-refractivity contribution in [2.24, 2.45) is 0 Å². The Kier molecular flexibility index (Phi) is 7.27. The molecule has 1 aromatic rings. The predicted molar refractivity (Wildman–Crippen MR) is 115 cm³/mol. The SMILES string of the molecule is C=CC(=O)N1CCCC(N2CCN(C(=O)CNc3cc(Cl)c(Cl)cc3O)CC2)C1. The Morgan fingerprint density at radius 1 is 1.14 bits per heavy atom. The molecule has 0 radical (unpaired) electrons. The number of anilines is 1. The van der Waals surface area contributed by atoms with Gasteiger partial charge in [-0.3, -0.25) is 14.5 Å². The second-order valence-corrected chi connectivity index (χ2v) is 8.15. The van der Waals surface area contributed by atoms with Crippen LogP contribution in [0.4, 0.5) is 5.69 Å². The minimum absolute atomic E-state index is 0.0138. The number of benzene rings is 1. The molecule has 0 spiro atoms. The minimum atomic E-state index is -0.0482. The number of amides is 2. The van der Waals surface area contributed by atoms with Crippen LogP contribution in [0.3, 0.4) is 0 Å². The molecule has 2 fully saturated rings. The fraction of sp³-hybridized carbons (Fsp3) is 0.500. The fourth-order valence-corrected chi connectivity index (χ4v) is 4.20. The quantitative estimate of drug-likeness (QED) is 0.543. The van der Waals surface area contributed by atoms with E-state index in [0.29, 0.717) is 29.8 Å². The summed E-state index contributed by atoms with van der Waals surface area (Å²) < 4.78 is 0. The van der Waals surface area contributed by atoms with E-state index in [1.807, 2.05) is 9.80 Å². The highest BCUT2D eigenvalue weighted by molar-refractivity contribution is 6.42. The average molecular weight is 441 g/mol. The molecule has 2 aliphatic heterocycles. The first-order valence-corrected chi connectivity index (χ1v) is 10.5. The molecule has 2 saturated heterocycles. The van der Waals surface area contributed by atoms with E-state index in [9.17, 15) is 14.7 Å². The van der Waals surface area contributed by atoms with Crippen LogP contribution in [0, 0.1) is 0 Å². The number of piperazine rings is 1. The van der Waals surface area contributed by atoms with Crippen molar-refractivity contribution in [3.63, 3.8) is 0 Å². The summed E-state index contributed by atoms with van der Waals surface area (Å²) in [5.74, 6) is -0.102. The van der Waals surface area contributed by atoms with Gasteiger partial charge in [-0.2, -0.15) is 0 Å². The second-order valence-electron chi connectivity index (χ2n) is 7.34. The number of aromatic hydroxyl groups is 1. The monoisotopic (exact) mass is 440 g/mol. The molecule has 1 aromatic carbocycles. The van der Waals surface area contributed by atoms with Crippen molar-refractivity contribution in [2.45, 2.75) is 18.9 Å². The van der Waals surface area contributed by atoms with Gasteiger partial charge >= 0.3 is 0 Å². The van der Waals surface area contributed by atoms with Gasteiger partial charge in [-0.15, -0.1) is 0 Å². The van der Waals surface area contributed by atoms with Crippen LogP contribution in [0.5, 0.6) is 5.75 Å². The van der Waals surface area contributed by atoms with E-state index < -0.39 is 0 Å². The third kappa shape index (κ3) is 5.35. The van der Waals surface area contributed by atoms with Crippen LogP contribution in [0.1, 0.15) is 12.8 Å². The molecule has 2 amide bonds. The van der Waals surface area contributed by atoms with Crippen molar-refractivity contribution in [3.8, 4) is 5.75 Å². The molecule has 9 heteroatoms. The zero-order chi connectivity index (χ0) is 21.0. The molecule has 0 aromatic heterocycles. The van der Waals surface area contributed by atoms with E-state index in [2.05, 4.69) is 16.8 Å². The smallest absolute Gasteiger partial charge is 0.246 e. The molecule has 3 rings (SSSR count). The zero-order valence-corrected chi connectivity index (χ0v) is 17.8. The van der Waals surface area contributed by atoms with Crippen LogP contribution in [-0.2, 0) is 9.59 Å². The highest BCUT2D eigenvalue weighted by Gasteiger charge is 2.30. The molecule has 2 heterocycles. The lowest BCUT2D eigenvalue weighted by Gasteiger charge is -2.43. The Hall–Kier alpha value is -1.96. The van der Waals surface area contributed by atoms with Crippen molar-refractivity contribution in [3.05, 3.63) is 34.8 Å². The summed E-state index contributed by atoms with van der Waals surface area (Å²) in [6, 6.07) is 3.18. The van der Waals surface area contributed by atoms with Crippen LogP contribution in [0.25, 0.3) is 0 Å². The molecule has 7 nitrogen and oxygen atoms in total. The first-order chi connectivity index (χ1) is 13.9. The van der Waals surface area contributed by atoms with E-state index in [4.69, 9.17) is 23.2 Å². The van der Waals surface area contributed by atoms with Gasteiger partial charge in [0.15, 0.2) is 0 Å². The number of carbonyl (C=O) groups is 2. The van der Waals surface area contributed by atoms with Crippen molar-refractivity contribution in [2.75, 3.05) is 51.1 Å². The maximum absolute atomic E-state index is 12.5. The Balaban J connectivity index is 1.48. The molecule has 0 bridgehead atoms. The number of nitrogens with one attached hydrogen (secondary N) is 1. The topological polar surface area (TPSA) is 76.1 Å². The lowest BCUT2D eigenvalue weighted by molar-refractivity contribution is -0.131. The third-order valence-electron chi connectivity index (χ3n) is 5.53. The number of hydrogen-bond donors (Lipinski definition) is 2. The van der Waals surface area contributed by atoms with Gasteiger partial charge < -0.3 is 20.2 Å². The van der Waals surface area contributed by atoms with Gasteiger partial charge in [0.05, 0.1) is 22.3 Å². The number of piperidine rings is 1. The number of halogens is 2. The Bertz CT molecular complexity index is 781. The fourth-order valence-electron chi connectivity index (χ4n) is 3.88. The van der Waals surface area contributed by atoms with Crippen molar-refractivity contribution in [1.82, 2.24) is 14.7 Å². The summed E-state index contributed by atoms with van der Waals surface area (Å²) in [4.78, 5) is 30.5. The molecule has 0 aliphatic carbocycles. The van der Waals surface area contributed by atoms with E-state index in [-0.39, 0.29) is 29.1 Å². The van der Waals surface area contributed by atoms with Crippen molar-refractivity contribution >= 4 is 40.7 Å². The average Bonchev–Trinajstić information content (AvgIpc) is 2.74. The summed E-state index contributed by atoms with van der Waals surface area (Å²) >= 11 is 11.8. The Morgan fingerprint density at radius 2 is 1.83 bits per heavy atom. The number of carbonyl (C=O) groups excluding carboxylic acids is 2. The molecule has 158 valence electrons. The van der Waals surface area contributed by atoms with Gasteiger partial charge in [0, 0.05) is 51.4 Å². The third-order valence-corrected chi connectivity index (χ3v) is 6.26. The largest absolute Gasteiger partial charge is 0.506 e. The summed E-state index contributed by atoms with van der Waals surface area (Å²) in [5.41, 5.74) is 0.376. The summed E-state index contributed by atoms with van der Waals surface area (Å²) in [6.45, 7) is 7.98. The number of rotatable bonds is 5. The lowest BCUT2D eigenvalue weighted by atomic mass is 10.0. The molecule has 2 N–H and O–H groups in total. The van der Waals surface area contributed by atoms with E-state index in [1.54, 1.807) is 0 Å². The summed E-state index contributed by atoms with van der Waals surface area (Å²) in [5, 5.41) is 13.4. The zero-order valence-electron chi connectivity index (χ0n) is 16.2. The number of phenols is 1. The van der Waals surface area contributed by atoms with Crippen LogP contribution in [0.15, 0.2) is 24.8 Å². The molecule has 2 aliphatic rings. The molecule has 0 saturated carbocycles. The number of likely N-dealkylation sites (tertiary alicyclic amines) is 1. The molecular weight excluding hydrogens is 415 g/mol. The van der Waals surface area contributed by atoms with Gasteiger partial charge in [0.2, 0.25) is 11.8 Å². The predicted octanol–water partition coefficient (Wildman–Crippen LogP) is 2.43. The minimum Gasteiger partial charge on any atom is -0.506 e. The van der Waals surface area contributed by atoms with E-state index >= 15 is 0 Å². The Morgan fingerprint density at radius 3 is 2.52 bits per heavy atom. The van der Waals surface area contributed by atoms with Gasteiger partial charge in [-0.05, 0) is 25.0 Å². The van der Waals surface area contributed by atoms with Crippen molar-refractivity contribution < 1.29 is 14.7 Å². The van der Waals surface area contributed by atoms with Crippen LogP contribution < -0.4 is 5.32 Å². The van der Waals surface area contributed by atoms with E-state index in [1.165, 1.54) is 18.2 Å². The summed E-state index contributed by atoms with van der Waals surface area (Å²) in [7, 11) is 0. The van der Waals surface area contributed by atoms with Crippen LogP contribution in [-0.4, -0.2) is 83.5 Å². The maximum atomic E-state index is 12.5. The number of phenolic OH excluding ortho intramolecular Hbond substituents is 1. The van der Waals surface area contributed by atoms with Gasteiger partial charge in [-0.25, -0.2) is 0 Å². The molecular formula is C20H26Cl2N4O3. The van der Waals surface area contributed by atoms with Crippen LogP contribution >= 0.6 is 23.2 Å². The highest BCUT2D eigenvalue weighted by atomic mass is 35.5. The molecule has 1 unspecified atom stereocenters. The molecule has 29 heavy (non-hydrogen) atoms. The highest BCUT2D eigenvalue weighted by Crippen LogP contribution is 2.33. The van der Waals surface area contributed by atoms with Gasteiger partial charge in [0.1, 0.15) is 5.75 Å². The van der Waals surface area contributed by atoms with Gasteiger partial charge in [0.25, 0.3) is 0 Å². The standard InChI is InChI=1S/C20H26Cl2N4O3/c1-2-19(28)26-5-3-4-14(13-26)24-6-8-25(9-7-24)20(29)12-23-17-10-15(21)16(22)11-18(17)27/h2,10-11,14,23,27H,1,3-9,12-13H2. The van der Waals surface area contributed by atoms with E-state index in [0.717, 1.165) is 39.0 Å². The number of nitrogens with zero attached hydrogens (tertiary/aromatic N) is 3. The first-order valence-electron chi connectivity index (χ1n) is 9.74.